The van der Waals surface area contributed by atoms with Gasteiger partial charge in [0.05, 0.1) is 5.92 Å². The van der Waals surface area contributed by atoms with Gasteiger partial charge in [0.25, 0.3) is 0 Å². The summed E-state index contributed by atoms with van der Waals surface area (Å²) < 4.78 is 0. The van der Waals surface area contributed by atoms with Crippen LogP contribution in [0.1, 0.15) is 31.7 Å². The van der Waals surface area contributed by atoms with E-state index in [9.17, 15) is 4.79 Å². The van der Waals surface area contributed by atoms with E-state index in [4.69, 9.17) is 11.5 Å². The highest BCUT2D eigenvalue weighted by molar-refractivity contribution is 5.77. The second-order valence-electron chi connectivity index (χ2n) is 5.00. The van der Waals surface area contributed by atoms with E-state index in [1.807, 2.05) is 0 Å². The molecule has 1 aromatic heterocycles. The number of rotatable bonds is 4. The molecule has 0 spiro atoms. The summed E-state index contributed by atoms with van der Waals surface area (Å²) in [5, 5.41) is 0. The van der Waals surface area contributed by atoms with Crippen LogP contribution in [0.15, 0.2) is 6.33 Å². The molecule has 0 aliphatic carbocycles. The Kier molecular flexibility index (Phi) is 4.19. The maximum absolute atomic E-state index is 11.3. The summed E-state index contributed by atoms with van der Waals surface area (Å²) in [5.41, 5.74) is 12.3. The molecule has 0 radical (unpaired) electrons. The average Bonchev–Trinajstić information content (AvgIpc) is 2.41. The highest BCUT2D eigenvalue weighted by Crippen LogP contribution is 2.27. The standard InChI is InChI=1S/C13H21N5O/c1-2-4-10-11(14)16-8-17-13(10)18-6-3-5-9(7-18)12(15)19/h8-9H,2-7H2,1H3,(H2,15,19)(H2,14,16,17). The van der Waals surface area contributed by atoms with Crippen LogP contribution < -0.4 is 16.4 Å². The van der Waals surface area contributed by atoms with Gasteiger partial charge in [-0.05, 0) is 19.3 Å². The third-order valence-corrected chi connectivity index (χ3v) is 3.58. The van der Waals surface area contributed by atoms with Crippen molar-refractivity contribution in [1.29, 1.82) is 0 Å². The smallest absolute Gasteiger partial charge is 0.222 e. The first-order valence-corrected chi connectivity index (χ1v) is 6.77. The summed E-state index contributed by atoms with van der Waals surface area (Å²) in [6, 6.07) is 0. The van der Waals surface area contributed by atoms with E-state index >= 15 is 0 Å². The van der Waals surface area contributed by atoms with Crippen LogP contribution in [0.2, 0.25) is 0 Å². The Balaban J connectivity index is 2.25. The third kappa shape index (κ3) is 2.94. The van der Waals surface area contributed by atoms with Gasteiger partial charge in [0.1, 0.15) is 18.0 Å². The fraction of sp³-hybridized carbons (Fsp3) is 0.615. The molecule has 0 bridgehead atoms. The van der Waals surface area contributed by atoms with Gasteiger partial charge in [-0.2, -0.15) is 0 Å². The molecule has 1 aliphatic rings. The molecule has 6 heteroatoms. The minimum atomic E-state index is -0.233. The summed E-state index contributed by atoms with van der Waals surface area (Å²) in [6.07, 6.45) is 5.12. The van der Waals surface area contributed by atoms with Crippen LogP contribution in [0.4, 0.5) is 11.6 Å². The number of nitrogens with two attached hydrogens (primary N) is 2. The highest BCUT2D eigenvalue weighted by atomic mass is 16.1. The van der Waals surface area contributed by atoms with Crippen molar-refractivity contribution in [3.05, 3.63) is 11.9 Å². The maximum Gasteiger partial charge on any atom is 0.222 e. The number of aromatic nitrogens is 2. The van der Waals surface area contributed by atoms with Crippen LogP contribution >= 0.6 is 0 Å². The van der Waals surface area contributed by atoms with Crippen LogP contribution in [0.25, 0.3) is 0 Å². The lowest BCUT2D eigenvalue weighted by Gasteiger charge is -2.33. The van der Waals surface area contributed by atoms with Crippen molar-refractivity contribution in [1.82, 2.24) is 9.97 Å². The molecule has 1 unspecified atom stereocenters. The Morgan fingerprint density at radius 2 is 2.32 bits per heavy atom. The lowest BCUT2D eigenvalue weighted by atomic mass is 9.97. The van der Waals surface area contributed by atoms with Crippen molar-refractivity contribution in [3.63, 3.8) is 0 Å². The Labute approximate surface area is 113 Å². The number of nitrogens with zero attached hydrogens (tertiary/aromatic N) is 3. The van der Waals surface area contributed by atoms with Gasteiger partial charge in [-0.1, -0.05) is 13.3 Å². The number of amides is 1. The van der Waals surface area contributed by atoms with Gasteiger partial charge in [-0.25, -0.2) is 9.97 Å². The Hall–Kier alpha value is -1.85. The monoisotopic (exact) mass is 263 g/mol. The Bertz CT molecular complexity index is 462. The number of anilines is 2. The number of primary amides is 1. The minimum absolute atomic E-state index is 0.0978. The first-order valence-electron chi connectivity index (χ1n) is 6.77. The van der Waals surface area contributed by atoms with E-state index in [-0.39, 0.29) is 11.8 Å². The van der Waals surface area contributed by atoms with Gasteiger partial charge in [-0.3, -0.25) is 4.79 Å². The molecule has 2 heterocycles. The molecule has 1 aromatic rings. The van der Waals surface area contributed by atoms with E-state index in [1.165, 1.54) is 6.33 Å². The van der Waals surface area contributed by atoms with E-state index < -0.39 is 0 Å². The molecule has 1 saturated heterocycles. The summed E-state index contributed by atoms with van der Waals surface area (Å²) in [6.45, 7) is 3.61. The number of carbonyl (C=O) groups excluding carboxylic acids is 1. The molecule has 6 nitrogen and oxygen atoms in total. The zero-order valence-electron chi connectivity index (χ0n) is 11.3. The van der Waals surface area contributed by atoms with E-state index in [2.05, 4.69) is 21.8 Å². The molecule has 4 N–H and O–H groups in total. The average molecular weight is 263 g/mol. The fourth-order valence-corrected chi connectivity index (χ4v) is 2.58. The highest BCUT2D eigenvalue weighted by Gasteiger charge is 2.26. The zero-order chi connectivity index (χ0) is 13.8. The van der Waals surface area contributed by atoms with E-state index in [0.717, 1.165) is 43.6 Å². The molecule has 1 atom stereocenters. The van der Waals surface area contributed by atoms with Crippen LogP contribution in [0.3, 0.4) is 0 Å². The predicted octanol–water partition coefficient (Wildman–Crippen LogP) is 0.713. The van der Waals surface area contributed by atoms with Crippen molar-refractivity contribution >= 4 is 17.5 Å². The lowest BCUT2D eigenvalue weighted by molar-refractivity contribution is -0.122. The SMILES string of the molecule is CCCc1c(N)ncnc1N1CCCC(C(N)=O)C1. The molecule has 104 valence electrons. The van der Waals surface area contributed by atoms with Crippen LogP contribution in [-0.4, -0.2) is 29.0 Å². The lowest BCUT2D eigenvalue weighted by Crippen LogP contribution is -2.42. The predicted molar refractivity (Wildman–Crippen MR) is 74.6 cm³/mol. The summed E-state index contributed by atoms with van der Waals surface area (Å²) >= 11 is 0. The Morgan fingerprint density at radius 3 is 3.00 bits per heavy atom. The topological polar surface area (TPSA) is 98.1 Å². The quantitative estimate of drug-likeness (QED) is 0.833. The first-order chi connectivity index (χ1) is 9.13. The largest absolute Gasteiger partial charge is 0.383 e. The van der Waals surface area contributed by atoms with Gasteiger partial charge >= 0.3 is 0 Å². The molecule has 2 rings (SSSR count). The summed E-state index contributed by atoms with van der Waals surface area (Å²) in [4.78, 5) is 21.9. The van der Waals surface area contributed by atoms with Crippen molar-refractivity contribution in [2.75, 3.05) is 23.7 Å². The van der Waals surface area contributed by atoms with Gasteiger partial charge in [0, 0.05) is 18.7 Å². The third-order valence-electron chi connectivity index (χ3n) is 3.58. The van der Waals surface area contributed by atoms with Crippen LogP contribution in [-0.2, 0) is 11.2 Å². The van der Waals surface area contributed by atoms with Crippen LogP contribution in [0.5, 0.6) is 0 Å². The van der Waals surface area contributed by atoms with Crippen molar-refractivity contribution in [3.8, 4) is 0 Å². The van der Waals surface area contributed by atoms with Crippen LogP contribution in [0, 0.1) is 5.92 Å². The van der Waals surface area contributed by atoms with Gasteiger partial charge in [-0.15, -0.1) is 0 Å². The second kappa shape index (κ2) is 5.86. The number of hydrogen-bond donors (Lipinski definition) is 2. The number of piperidine rings is 1. The molecule has 1 amide bonds. The number of nitrogen functional groups attached to an aromatic ring is 1. The second-order valence-corrected chi connectivity index (χ2v) is 5.00. The maximum atomic E-state index is 11.3. The van der Waals surface area contributed by atoms with E-state index in [1.54, 1.807) is 0 Å². The summed E-state index contributed by atoms with van der Waals surface area (Å²) in [7, 11) is 0. The molecular weight excluding hydrogens is 242 g/mol. The van der Waals surface area contributed by atoms with Crippen molar-refractivity contribution in [2.24, 2.45) is 11.7 Å². The molecular formula is C13H21N5O. The molecule has 0 aromatic carbocycles. The molecule has 1 aliphatic heterocycles. The summed E-state index contributed by atoms with van der Waals surface area (Å²) in [5.74, 6) is 1.07. The Morgan fingerprint density at radius 1 is 1.53 bits per heavy atom. The normalized spacial score (nSPS) is 19.4. The fourth-order valence-electron chi connectivity index (χ4n) is 2.58. The number of hydrogen-bond acceptors (Lipinski definition) is 5. The van der Waals surface area contributed by atoms with E-state index in [0.29, 0.717) is 12.4 Å². The van der Waals surface area contributed by atoms with Gasteiger partial charge < -0.3 is 16.4 Å². The molecule has 0 saturated carbocycles. The first kappa shape index (κ1) is 13.6. The van der Waals surface area contributed by atoms with Crippen molar-refractivity contribution in [2.45, 2.75) is 32.6 Å². The number of carbonyl (C=O) groups is 1. The van der Waals surface area contributed by atoms with Crippen molar-refractivity contribution < 1.29 is 4.79 Å². The molecule has 19 heavy (non-hydrogen) atoms. The van der Waals surface area contributed by atoms with Gasteiger partial charge in [0.2, 0.25) is 5.91 Å². The van der Waals surface area contributed by atoms with Gasteiger partial charge in [0.15, 0.2) is 0 Å². The minimum Gasteiger partial charge on any atom is -0.383 e. The molecule has 1 fully saturated rings. The zero-order valence-corrected chi connectivity index (χ0v) is 11.3.